The van der Waals surface area contributed by atoms with Crippen molar-refractivity contribution in [1.29, 1.82) is 0 Å². The molecule has 2 nitrogen and oxygen atoms in total. The number of rotatable bonds is 2. The van der Waals surface area contributed by atoms with Crippen LogP contribution >= 0.6 is 11.3 Å². The zero-order chi connectivity index (χ0) is 14.2. The first-order chi connectivity index (χ1) is 8.79. The highest BCUT2D eigenvalue weighted by Crippen LogP contribution is 2.34. The summed E-state index contributed by atoms with van der Waals surface area (Å²) in [5.41, 5.74) is 5.47. The van der Waals surface area contributed by atoms with Gasteiger partial charge in [0.05, 0.1) is 11.6 Å². The van der Waals surface area contributed by atoms with Gasteiger partial charge in [-0.1, -0.05) is 6.07 Å². The summed E-state index contributed by atoms with van der Waals surface area (Å²) in [7, 11) is 0. The van der Waals surface area contributed by atoms with Crippen molar-refractivity contribution in [2.24, 2.45) is 5.73 Å². The second-order valence-electron chi connectivity index (χ2n) is 4.04. The van der Waals surface area contributed by atoms with Crippen LogP contribution in [0, 0.1) is 12.7 Å². The fraction of sp³-hybridized carbons (Fsp3) is 0.250. The van der Waals surface area contributed by atoms with Crippen LogP contribution in [0.15, 0.2) is 23.6 Å². The third-order valence-electron chi connectivity index (χ3n) is 2.56. The number of aromatic nitrogens is 1. The fourth-order valence-electron chi connectivity index (χ4n) is 1.61. The predicted octanol–water partition coefficient (Wildman–Crippen LogP) is 3.66. The van der Waals surface area contributed by atoms with Gasteiger partial charge in [-0.15, -0.1) is 11.3 Å². The van der Waals surface area contributed by atoms with E-state index < -0.39 is 23.6 Å². The van der Waals surface area contributed by atoms with Crippen molar-refractivity contribution >= 4 is 11.3 Å². The molecule has 2 rings (SSSR count). The normalized spacial score (nSPS) is 13.6. The highest BCUT2D eigenvalue weighted by Gasteiger charge is 2.34. The summed E-state index contributed by atoms with van der Waals surface area (Å²) in [6.07, 6.45) is -4.74. The first-order valence-corrected chi connectivity index (χ1v) is 6.21. The van der Waals surface area contributed by atoms with Gasteiger partial charge in [-0.25, -0.2) is 9.37 Å². The predicted molar refractivity (Wildman–Crippen MR) is 64.3 cm³/mol. The number of halogens is 4. The summed E-state index contributed by atoms with van der Waals surface area (Å²) in [6.45, 7) is 1.76. The molecule has 1 unspecified atom stereocenters. The Kier molecular flexibility index (Phi) is 3.60. The van der Waals surface area contributed by atoms with Crippen LogP contribution in [-0.4, -0.2) is 4.98 Å². The third-order valence-corrected chi connectivity index (χ3v) is 3.60. The summed E-state index contributed by atoms with van der Waals surface area (Å²) in [5.74, 6) is -1.31. The molecular formula is C12H10F4N2S. The molecule has 0 fully saturated rings. The van der Waals surface area contributed by atoms with Gasteiger partial charge in [-0.2, -0.15) is 13.2 Å². The number of nitrogens with zero attached hydrogens (tertiary/aromatic N) is 1. The average Bonchev–Trinajstić information content (AvgIpc) is 2.74. The van der Waals surface area contributed by atoms with Crippen molar-refractivity contribution in [3.63, 3.8) is 0 Å². The topological polar surface area (TPSA) is 38.9 Å². The van der Waals surface area contributed by atoms with E-state index in [4.69, 9.17) is 5.73 Å². The van der Waals surface area contributed by atoms with Crippen LogP contribution in [0.3, 0.4) is 0 Å². The van der Waals surface area contributed by atoms with Crippen LogP contribution in [0.25, 0.3) is 0 Å². The Morgan fingerprint density at radius 1 is 1.32 bits per heavy atom. The Labute approximate surface area is 110 Å². The second-order valence-corrected chi connectivity index (χ2v) is 4.93. The van der Waals surface area contributed by atoms with Gasteiger partial charge in [0.1, 0.15) is 10.8 Å². The Balaban J connectivity index is 2.41. The van der Waals surface area contributed by atoms with E-state index in [1.807, 2.05) is 0 Å². The molecule has 0 saturated carbocycles. The Hall–Kier alpha value is -1.47. The highest BCUT2D eigenvalue weighted by molar-refractivity contribution is 7.09. The highest BCUT2D eigenvalue weighted by atomic mass is 32.1. The van der Waals surface area contributed by atoms with Gasteiger partial charge in [-0.05, 0) is 24.6 Å². The van der Waals surface area contributed by atoms with Crippen LogP contribution in [0.5, 0.6) is 0 Å². The summed E-state index contributed by atoms with van der Waals surface area (Å²) in [4.78, 5) is 4.12. The monoisotopic (exact) mass is 290 g/mol. The van der Waals surface area contributed by atoms with E-state index in [0.717, 1.165) is 17.8 Å². The minimum absolute atomic E-state index is 0.183. The lowest BCUT2D eigenvalue weighted by Crippen LogP contribution is -2.15. The summed E-state index contributed by atoms with van der Waals surface area (Å²) in [6, 6.07) is 1.96. The van der Waals surface area contributed by atoms with E-state index in [-0.39, 0.29) is 5.56 Å². The second kappa shape index (κ2) is 4.90. The molecule has 2 N–H and O–H groups in total. The van der Waals surface area contributed by atoms with Gasteiger partial charge in [0, 0.05) is 11.1 Å². The summed E-state index contributed by atoms with van der Waals surface area (Å²) in [5, 5.41) is 2.25. The van der Waals surface area contributed by atoms with Crippen LogP contribution in [0.1, 0.15) is 27.9 Å². The molecule has 7 heteroatoms. The van der Waals surface area contributed by atoms with Gasteiger partial charge in [0.25, 0.3) is 0 Å². The zero-order valence-electron chi connectivity index (χ0n) is 9.83. The molecule has 102 valence electrons. The molecule has 1 aromatic carbocycles. The molecule has 1 heterocycles. The Bertz CT molecular complexity index is 592. The number of alkyl halides is 3. The standard InChI is InChI=1S/C12H10F4N2S/c1-6-5-19-11(18-6)10(17)7-2-3-9(13)8(4-7)12(14,15)16/h2-5,10H,17H2,1H3. The SMILES string of the molecule is Cc1csc(C(N)c2ccc(F)c(C(F)(F)F)c2)n1. The molecule has 0 aliphatic rings. The number of thiazole rings is 1. The van der Waals surface area contributed by atoms with Gasteiger partial charge in [0.15, 0.2) is 0 Å². The van der Waals surface area contributed by atoms with Crippen molar-refractivity contribution in [1.82, 2.24) is 4.98 Å². The number of hydrogen-bond acceptors (Lipinski definition) is 3. The molecule has 2 aromatic rings. The van der Waals surface area contributed by atoms with Gasteiger partial charge in [-0.3, -0.25) is 0 Å². The van der Waals surface area contributed by atoms with E-state index in [1.165, 1.54) is 17.4 Å². The lowest BCUT2D eigenvalue weighted by Gasteiger charge is -2.13. The smallest absolute Gasteiger partial charge is 0.318 e. The van der Waals surface area contributed by atoms with E-state index in [2.05, 4.69) is 4.98 Å². The maximum atomic E-state index is 13.2. The van der Waals surface area contributed by atoms with Crippen molar-refractivity contribution in [3.05, 3.63) is 51.2 Å². The Morgan fingerprint density at radius 2 is 2.00 bits per heavy atom. The van der Waals surface area contributed by atoms with Crippen LogP contribution in [0.2, 0.25) is 0 Å². The molecule has 0 saturated heterocycles. The van der Waals surface area contributed by atoms with E-state index in [9.17, 15) is 17.6 Å². The van der Waals surface area contributed by atoms with Gasteiger partial charge < -0.3 is 5.73 Å². The number of aryl methyl sites for hydroxylation is 1. The van der Waals surface area contributed by atoms with Crippen LogP contribution in [-0.2, 0) is 6.18 Å². The van der Waals surface area contributed by atoms with Crippen molar-refractivity contribution in [3.8, 4) is 0 Å². The zero-order valence-corrected chi connectivity index (χ0v) is 10.6. The molecule has 1 atom stereocenters. The summed E-state index contributed by atoms with van der Waals surface area (Å²) < 4.78 is 51.0. The number of nitrogens with two attached hydrogens (primary N) is 1. The minimum Gasteiger partial charge on any atom is -0.318 e. The first kappa shape index (κ1) is 14.0. The maximum Gasteiger partial charge on any atom is 0.419 e. The van der Waals surface area contributed by atoms with E-state index >= 15 is 0 Å². The third kappa shape index (κ3) is 2.93. The first-order valence-electron chi connectivity index (χ1n) is 5.33. The molecular weight excluding hydrogens is 280 g/mol. The van der Waals surface area contributed by atoms with Gasteiger partial charge in [0.2, 0.25) is 0 Å². The molecule has 1 aromatic heterocycles. The molecule has 0 amide bonds. The summed E-state index contributed by atoms with van der Waals surface area (Å²) >= 11 is 1.26. The minimum atomic E-state index is -4.74. The van der Waals surface area contributed by atoms with Crippen molar-refractivity contribution in [2.75, 3.05) is 0 Å². The maximum absolute atomic E-state index is 13.2. The molecule has 0 aliphatic carbocycles. The molecule has 19 heavy (non-hydrogen) atoms. The van der Waals surface area contributed by atoms with Crippen molar-refractivity contribution < 1.29 is 17.6 Å². The molecule has 0 radical (unpaired) electrons. The van der Waals surface area contributed by atoms with Crippen LogP contribution < -0.4 is 5.73 Å². The lowest BCUT2D eigenvalue weighted by molar-refractivity contribution is -0.140. The van der Waals surface area contributed by atoms with E-state index in [0.29, 0.717) is 5.01 Å². The average molecular weight is 290 g/mol. The quantitative estimate of drug-likeness (QED) is 0.857. The van der Waals surface area contributed by atoms with E-state index in [1.54, 1.807) is 12.3 Å². The largest absolute Gasteiger partial charge is 0.419 e. The fourth-order valence-corrected chi connectivity index (χ4v) is 2.43. The number of hydrogen-bond donors (Lipinski definition) is 1. The van der Waals surface area contributed by atoms with Crippen molar-refractivity contribution in [2.45, 2.75) is 19.1 Å². The van der Waals surface area contributed by atoms with Gasteiger partial charge >= 0.3 is 6.18 Å². The van der Waals surface area contributed by atoms with Crippen LogP contribution in [0.4, 0.5) is 17.6 Å². The molecule has 0 aliphatic heterocycles. The lowest BCUT2D eigenvalue weighted by atomic mass is 10.0. The molecule has 0 bridgehead atoms. The Morgan fingerprint density at radius 3 is 2.53 bits per heavy atom. The number of benzene rings is 1. The molecule has 0 spiro atoms.